The number of hydrogen-bond acceptors (Lipinski definition) is 8. The fourth-order valence-corrected chi connectivity index (χ4v) is 9.91. The van der Waals surface area contributed by atoms with Crippen LogP contribution in [0.1, 0.15) is 284 Å². The number of carbonyl (C=O) groups excluding carboxylic acids is 2. The Hall–Kier alpha value is -3.33. The summed E-state index contributed by atoms with van der Waals surface area (Å²) in [4.78, 5) is 38.0. The second-order valence-corrected chi connectivity index (χ2v) is 24.9. The Kier molecular flexibility index (Phi) is 59.7. The van der Waals surface area contributed by atoms with E-state index in [4.69, 9.17) is 18.5 Å². The monoisotopic (exact) mass is 1160 g/mol. The summed E-state index contributed by atoms with van der Waals surface area (Å²) in [5.74, 6) is -0.828. The second kappa shape index (κ2) is 62.2. The van der Waals surface area contributed by atoms with Crippen LogP contribution in [0.15, 0.2) is 109 Å². The molecule has 0 saturated heterocycles. The lowest BCUT2D eigenvalue weighted by molar-refractivity contribution is -0.870. The molecule has 0 aromatic heterocycles. The number of carbonyl (C=O) groups is 2. The van der Waals surface area contributed by atoms with Crippen molar-refractivity contribution in [1.82, 2.24) is 0 Å². The zero-order valence-corrected chi connectivity index (χ0v) is 54.6. The molecule has 472 valence electrons. The third-order valence-electron chi connectivity index (χ3n) is 14.3. The number of unbranched alkanes of at least 4 members (excludes halogenated alkanes) is 29. The lowest BCUT2D eigenvalue weighted by Crippen LogP contribution is -2.37. The molecule has 0 aromatic carbocycles. The number of rotatable bonds is 61. The summed E-state index contributed by atoms with van der Waals surface area (Å²) < 4.78 is 34.2. The summed E-state index contributed by atoms with van der Waals surface area (Å²) >= 11 is 0. The number of esters is 2. The van der Waals surface area contributed by atoms with E-state index >= 15 is 0 Å². The van der Waals surface area contributed by atoms with Crippen molar-refractivity contribution in [2.24, 2.45) is 0 Å². The first kappa shape index (κ1) is 78.7. The van der Waals surface area contributed by atoms with Crippen molar-refractivity contribution in [1.29, 1.82) is 0 Å². The molecule has 0 fully saturated rings. The summed E-state index contributed by atoms with van der Waals surface area (Å²) in [6.07, 6.45) is 87.3. The minimum Gasteiger partial charge on any atom is -0.756 e. The molecule has 0 aliphatic rings. The van der Waals surface area contributed by atoms with E-state index in [1.54, 1.807) is 0 Å². The van der Waals surface area contributed by atoms with Crippen LogP contribution in [-0.4, -0.2) is 70.0 Å². The summed E-state index contributed by atoms with van der Waals surface area (Å²) in [5.41, 5.74) is 0. The standard InChI is InChI=1S/C72H126NO8P/c1-6-8-10-12-14-16-18-20-22-24-25-26-27-28-29-30-31-32-33-34-35-36-37-38-39-40-41-42-43-44-45-46-47-49-51-53-55-57-59-61-63-65-72(75)81-70(69-80-82(76,77)79-67-66-73(3,4)5)68-78-71(74)64-62-60-58-56-54-52-50-48-23-21-19-17-15-13-11-9-7-2/h8,10,14,16,20,22,25-26,28-29,31-32,34-35,37-38,40-41,70H,6-7,9,11-13,15,17-19,21,23-24,27,30,33,36,39,42-69H2,1-5H3/b10-8-,16-14-,22-20-,26-25-,29-28-,32-31-,35-34-,38-37-,41-40-. The zero-order valence-electron chi connectivity index (χ0n) is 53.7. The van der Waals surface area contributed by atoms with Crippen molar-refractivity contribution >= 4 is 19.8 Å². The van der Waals surface area contributed by atoms with E-state index in [1.165, 1.54) is 154 Å². The number of quaternary nitrogens is 1. The summed E-state index contributed by atoms with van der Waals surface area (Å²) in [7, 11) is 1.17. The molecule has 0 amide bonds. The predicted octanol–water partition coefficient (Wildman–Crippen LogP) is 21.1. The van der Waals surface area contributed by atoms with Crippen molar-refractivity contribution in [2.45, 2.75) is 290 Å². The average Bonchev–Trinajstić information content (AvgIpc) is 3.45. The Balaban J connectivity index is 4.02. The van der Waals surface area contributed by atoms with Gasteiger partial charge in [0.15, 0.2) is 6.10 Å². The van der Waals surface area contributed by atoms with Crippen LogP contribution in [0.2, 0.25) is 0 Å². The first-order chi connectivity index (χ1) is 40.0. The number of phosphoric ester groups is 1. The highest BCUT2D eigenvalue weighted by Crippen LogP contribution is 2.38. The molecule has 0 N–H and O–H groups in total. The molecule has 0 radical (unpaired) electrons. The Labute approximate surface area is 506 Å². The van der Waals surface area contributed by atoms with Crippen LogP contribution in [-0.2, 0) is 32.7 Å². The van der Waals surface area contributed by atoms with Gasteiger partial charge in [0.05, 0.1) is 27.7 Å². The smallest absolute Gasteiger partial charge is 0.306 e. The maximum atomic E-state index is 12.8. The first-order valence-corrected chi connectivity index (χ1v) is 35.1. The highest BCUT2D eigenvalue weighted by Gasteiger charge is 2.22. The number of ether oxygens (including phenoxy) is 2. The van der Waals surface area contributed by atoms with E-state index in [-0.39, 0.29) is 32.0 Å². The number of phosphoric acid groups is 1. The average molecular weight is 1160 g/mol. The zero-order chi connectivity index (χ0) is 59.8. The molecule has 2 unspecified atom stereocenters. The fraction of sp³-hybridized carbons (Fsp3) is 0.722. The molecule has 0 bridgehead atoms. The van der Waals surface area contributed by atoms with Gasteiger partial charge in [-0.05, 0) is 83.5 Å². The van der Waals surface area contributed by atoms with Crippen LogP contribution in [0.3, 0.4) is 0 Å². The van der Waals surface area contributed by atoms with Crippen molar-refractivity contribution < 1.29 is 42.1 Å². The number of likely N-dealkylation sites (N-methyl/N-ethyl adjacent to an activating group) is 1. The van der Waals surface area contributed by atoms with E-state index < -0.39 is 26.5 Å². The third kappa shape index (κ3) is 65.8. The van der Waals surface area contributed by atoms with Crippen molar-refractivity contribution in [3.05, 3.63) is 109 Å². The maximum absolute atomic E-state index is 12.8. The molecule has 2 atom stereocenters. The van der Waals surface area contributed by atoms with Gasteiger partial charge in [0, 0.05) is 12.8 Å². The van der Waals surface area contributed by atoms with E-state index in [0.717, 1.165) is 96.3 Å². The molecule has 82 heavy (non-hydrogen) atoms. The van der Waals surface area contributed by atoms with Gasteiger partial charge in [-0.2, -0.15) is 0 Å². The normalized spacial score (nSPS) is 13.9. The van der Waals surface area contributed by atoms with Gasteiger partial charge in [-0.15, -0.1) is 0 Å². The van der Waals surface area contributed by atoms with E-state index in [0.29, 0.717) is 17.4 Å². The molecule has 0 aliphatic carbocycles. The van der Waals surface area contributed by atoms with E-state index in [1.807, 2.05) is 21.1 Å². The van der Waals surface area contributed by atoms with Gasteiger partial charge in [0.25, 0.3) is 7.82 Å². The van der Waals surface area contributed by atoms with Gasteiger partial charge >= 0.3 is 11.9 Å². The van der Waals surface area contributed by atoms with Crippen LogP contribution in [0.4, 0.5) is 0 Å². The Bertz CT molecular complexity index is 1750. The van der Waals surface area contributed by atoms with Gasteiger partial charge in [-0.25, -0.2) is 0 Å². The molecule has 0 aliphatic heterocycles. The number of nitrogens with zero attached hydrogens (tertiary/aromatic N) is 1. The quantitative estimate of drug-likeness (QED) is 0.0195. The lowest BCUT2D eigenvalue weighted by Gasteiger charge is -2.28. The first-order valence-electron chi connectivity index (χ1n) is 33.6. The molecular formula is C72H126NO8P. The minimum atomic E-state index is -4.64. The van der Waals surface area contributed by atoms with Crippen LogP contribution in [0.25, 0.3) is 0 Å². The van der Waals surface area contributed by atoms with Gasteiger partial charge in [-0.3, -0.25) is 14.2 Å². The van der Waals surface area contributed by atoms with Crippen molar-refractivity contribution in [3.63, 3.8) is 0 Å². The van der Waals surface area contributed by atoms with Crippen molar-refractivity contribution in [2.75, 3.05) is 47.5 Å². The maximum Gasteiger partial charge on any atom is 0.306 e. The molecule has 0 spiro atoms. The highest BCUT2D eigenvalue weighted by molar-refractivity contribution is 7.45. The highest BCUT2D eigenvalue weighted by atomic mass is 31.2. The third-order valence-corrected chi connectivity index (χ3v) is 15.3. The molecule has 0 aromatic rings. The second-order valence-electron chi connectivity index (χ2n) is 23.5. The van der Waals surface area contributed by atoms with Gasteiger partial charge in [0.2, 0.25) is 0 Å². The molecule has 9 nitrogen and oxygen atoms in total. The number of allylic oxidation sites excluding steroid dienone is 18. The minimum absolute atomic E-state index is 0.0327. The Morgan fingerprint density at radius 3 is 1.04 bits per heavy atom. The van der Waals surface area contributed by atoms with Crippen LogP contribution >= 0.6 is 7.82 Å². The van der Waals surface area contributed by atoms with Crippen LogP contribution < -0.4 is 4.89 Å². The molecule has 0 heterocycles. The van der Waals surface area contributed by atoms with E-state index in [2.05, 4.69) is 123 Å². The molecule has 0 saturated carbocycles. The molecular weight excluding hydrogens is 1040 g/mol. The van der Waals surface area contributed by atoms with Crippen molar-refractivity contribution in [3.8, 4) is 0 Å². The van der Waals surface area contributed by atoms with Crippen LogP contribution in [0.5, 0.6) is 0 Å². The van der Waals surface area contributed by atoms with Gasteiger partial charge in [-0.1, -0.05) is 297 Å². The van der Waals surface area contributed by atoms with Gasteiger partial charge in [0.1, 0.15) is 19.8 Å². The largest absolute Gasteiger partial charge is 0.756 e. The SMILES string of the molecule is CC/C=C\C/C=C\C/C=C\C/C=C\C/C=C\C/C=C\C/C=C\C/C=C\C/C=C\CCCCCCCCCCCCCCCC(=O)OC(COC(=O)CCCCCCCCCCCCCCCCCCC)COP(=O)([O-])OCC[N+](C)(C)C. The van der Waals surface area contributed by atoms with E-state index in [9.17, 15) is 19.0 Å². The lowest BCUT2D eigenvalue weighted by atomic mass is 10.0. The topological polar surface area (TPSA) is 111 Å². The number of hydrogen-bond donors (Lipinski definition) is 0. The summed E-state index contributed by atoms with van der Waals surface area (Å²) in [6.45, 7) is 4.15. The Morgan fingerprint density at radius 1 is 0.390 bits per heavy atom. The molecule has 10 heteroatoms. The molecule has 0 rings (SSSR count). The summed E-state index contributed by atoms with van der Waals surface area (Å²) in [5, 5.41) is 0. The van der Waals surface area contributed by atoms with Crippen LogP contribution in [0, 0.1) is 0 Å². The van der Waals surface area contributed by atoms with Gasteiger partial charge < -0.3 is 27.9 Å². The fourth-order valence-electron chi connectivity index (χ4n) is 9.18. The summed E-state index contributed by atoms with van der Waals surface area (Å²) in [6, 6.07) is 0. The predicted molar refractivity (Wildman–Crippen MR) is 351 cm³/mol. The Morgan fingerprint density at radius 2 is 0.695 bits per heavy atom.